The molecule has 6 N–H and O–H groups in total. The van der Waals surface area contributed by atoms with E-state index in [1.165, 1.54) is 7.11 Å². The second-order valence-corrected chi connectivity index (χ2v) is 9.72. The molecule has 0 unspecified atom stereocenters. The number of carboxylic acids is 1. The summed E-state index contributed by atoms with van der Waals surface area (Å²) in [6.07, 6.45) is 2.45. The quantitative estimate of drug-likeness (QED) is 0.0744. The smallest absolute Gasteiger partial charge is 0.320 e. The molecule has 1 aliphatic rings. The van der Waals surface area contributed by atoms with E-state index in [0.29, 0.717) is 35.6 Å². The molecule has 0 radical (unpaired) electrons. The molecule has 2 aromatic rings. The number of amides is 5. The van der Waals surface area contributed by atoms with Crippen molar-refractivity contribution in [2.24, 2.45) is 16.0 Å². The van der Waals surface area contributed by atoms with Crippen LogP contribution in [0, 0.1) is 0 Å². The van der Waals surface area contributed by atoms with Crippen LogP contribution in [0.2, 0.25) is 0 Å². The van der Waals surface area contributed by atoms with E-state index >= 15 is 0 Å². The highest BCUT2D eigenvalue weighted by Crippen LogP contribution is 2.22. The van der Waals surface area contributed by atoms with E-state index in [9.17, 15) is 28.8 Å². The second kappa shape index (κ2) is 17.1. The first-order chi connectivity index (χ1) is 21.5. The fourth-order valence-electron chi connectivity index (χ4n) is 3.96. The average Bonchev–Trinajstić information content (AvgIpc) is 3.32. The number of aliphatic carboxylic acids is 1. The fraction of sp³-hybridized carbons (Fsp3) is 0.310. The SMILES string of the molecule is COO[C@H](CCCC(=O)NCC(=O)Nc1ccc(N=Nc2ccc(NC(=O)CN3C(=O)C=CC3=O)cc2)cc1)C[C@H](N)C(=O)O. The molecule has 2 aromatic carbocycles. The molecule has 0 saturated carbocycles. The molecule has 1 aliphatic heterocycles. The first-order valence-electron chi connectivity index (χ1n) is 13.7. The molecule has 0 saturated heterocycles. The van der Waals surface area contributed by atoms with Gasteiger partial charge in [0.1, 0.15) is 12.6 Å². The molecule has 45 heavy (non-hydrogen) atoms. The predicted octanol–water partition coefficient (Wildman–Crippen LogP) is 1.94. The third kappa shape index (κ3) is 11.7. The topological polar surface area (TPSA) is 231 Å². The van der Waals surface area contributed by atoms with Gasteiger partial charge in [0.2, 0.25) is 17.7 Å². The predicted molar refractivity (Wildman–Crippen MR) is 159 cm³/mol. The Labute approximate surface area is 257 Å². The van der Waals surface area contributed by atoms with E-state index in [0.717, 1.165) is 17.1 Å². The number of rotatable bonds is 17. The number of hydrogen-bond donors (Lipinski definition) is 5. The van der Waals surface area contributed by atoms with Crippen molar-refractivity contribution < 1.29 is 43.6 Å². The number of carbonyl (C=O) groups is 6. The summed E-state index contributed by atoms with van der Waals surface area (Å²) >= 11 is 0. The number of nitrogens with zero attached hydrogens (tertiary/aromatic N) is 3. The first-order valence-corrected chi connectivity index (χ1v) is 13.7. The zero-order valence-corrected chi connectivity index (χ0v) is 24.3. The van der Waals surface area contributed by atoms with E-state index in [-0.39, 0.29) is 25.3 Å². The molecule has 0 aromatic heterocycles. The van der Waals surface area contributed by atoms with Crippen LogP contribution < -0.4 is 21.7 Å². The summed E-state index contributed by atoms with van der Waals surface area (Å²) in [4.78, 5) is 81.0. The second-order valence-electron chi connectivity index (χ2n) is 9.72. The number of anilines is 2. The van der Waals surface area contributed by atoms with Gasteiger partial charge in [-0.2, -0.15) is 10.2 Å². The average molecular weight is 624 g/mol. The Morgan fingerprint density at radius 1 is 0.867 bits per heavy atom. The van der Waals surface area contributed by atoms with Crippen molar-refractivity contribution in [3.8, 4) is 0 Å². The molecule has 0 spiro atoms. The highest BCUT2D eigenvalue weighted by Gasteiger charge is 2.25. The fourth-order valence-corrected chi connectivity index (χ4v) is 3.96. The molecule has 0 bridgehead atoms. The van der Waals surface area contributed by atoms with Gasteiger partial charge in [-0.05, 0) is 61.4 Å². The summed E-state index contributed by atoms with van der Waals surface area (Å²) in [7, 11) is 1.29. The van der Waals surface area contributed by atoms with Gasteiger partial charge in [-0.3, -0.25) is 33.7 Å². The highest BCUT2D eigenvalue weighted by atomic mass is 17.2. The lowest BCUT2D eigenvalue weighted by Crippen LogP contribution is -2.37. The third-order valence-corrected chi connectivity index (χ3v) is 6.23. The number of nitrogens with two attached hydrogens (primary N) is 1. The third-order valence-electron chi connectivity index (χ3n) is 6.23. The van der Waals surface area contributed by atoms with Gasteiger partial charge in [0.25, 0.3) is 11.8 Å². The van der Waals surface area contributed by atoms with Crippen LogP contribution in [-0.4, -0.2) is 77.9 Å². The number of benzene rings is 2. The standard InChI is InChI=1S/C29H33N7O9/c1-44-45-22(15-23(30)29(42)43)3-2-4-24(37)31-16-25(38)32-18-5-9-20(10-6-18)34-35-21-11-7-19(8-12-21)33-26(39)17-36-27(40)13-14-28(36)41/h5-14,22-23H,2-4,15-17,30H2,1H3,(H,31,37)(H,32,38)(H,33,39)(H,42,43)/t22-,23+/m1/s1. The normalized spacial score (nSPS) is 14.0. The van der Waals surface area contributed by atoms with Crippen molar-refractivity contribution in [3.05, 3.63) is 60.7 Å². The van der Waals surface area contributed by atoms with Crippen LogP contribution in [-0.2, 0) is 38.5 Å². The number of hydrogen-bond acceptors (Lipinski definition) is 11. The minimum atomic E-state index is -1.16. The first kappa shape index (κ1) is 34.2. The summed E-state index contributed by atoms with van der Waals surface area (Å²) in [6, 6.07) is 11.8. The minimum absolute atomic E-state index is 0.0238. The lowest BCUT2D eigenvalue weighted by molar-refractivity contribution is -0.307. The van der Waals surface area contributed by atoms with Crippen molar-refractivity contribution in [2.45, 2.75) is 37.8 Å². The van der Waals surface area contributed by atoms with Crippen molar-refractivity contribution in [1.29, 1.82) is 0 Å². The van der Waals surface area contributed by atoms with Gasteiger partial charge in [-0.25, -0.2) is 9.78 Å². The summed E-state index contributed by atoms with van der Waals surface area (Å²) in [6.45, 7) is -0.636. The van der Waals surface area contributed by atoms with Crippen molar-refractivity contribution in [3.63, 3.8) is 0 Å². The highest BCUT2D eigenvalue weighted by molar-refractivity contribution is 6.15. The van der Waals surface area contributed by atoms with Gasteiger partial charge in [-0.15, -0.1) is 0 Å². The summed E-state index contributed by atoms with van der Waals surface area (Å²) in [5.41, 5.74) is 7.46. The lowest BCUT2D eigenvalue weighted by Gasteiger charge is -2.17. The van der Waals surface area contributed by atoms with Crippen LogP contribution in [0.25, 0.3) is 0 Å². The molecule has 5 amide bonds. The van der Waals surface area contributed by atoms with E-state index in [1.54, 1.807) is 48.5 Å². The Kier molecular flexibility index (Phi) is 13.0. The van der Waals surface area contributed by atoms with Gasteiger partial charge >= 0.3 is 5.97 Å². The molecule has 238 valence electrons. The van der Waals surface area contributed by atoms with Crippen LogP contribution in [0.15, 0.2) is 70.9 Å². The van der Waals surface area contributed by atoms with E-state index in [2.05, 4.69) is 31.1 Å². The van der Waals surface area contributed by atoms with Crippen molar-refractivity contribution >= 4 is 58.3 Å². The Bertz CT molecular complexity index is 1430. The maximum Gasteiger partial charge on any atom is 0.320 e. The molecular formula is C29H33N7O9. The molecule has 16 heteroatoms. The van der Waals surface area contributed by atoms with Crippen molar-refractivity contribution in [1.82, 2.24) is 10.2 Å². The van der Waals surface area contributed by atoms with E-state index in [1.807, 2.05) is 0 Å². The van der Waals surface area contributed by atoms with Crippen LogP contribution in [0.1, 0.15) is 25.7 Å². The van der Waals surface area contributed by atoms with Gasteiger partial charge < -0.3 is 26.8 Å². The number of azo groups is 1. The molecule has 1 heterocycles. The van der Waals surface area contributed by atoms with Crippen LogP contribution in [0.5, 0.6) is 0 Å². The minimum Gasteiger partial charge on any atom is -0.480 e. The Morgan fingerprint density at radius 3 is 1.91 bits per heavy atom. The summed E-state index contributed by atoms with van der Waals surface area (Å²) in [5, 5.41) is 25.0. The van der Waals surface area contributed by atoms with Gasteiger partial charge in [0.15, 0.2) is 0 Å². The van der Waals surface area contributed by atoms with Crippen LogP contribution >= 0.6 is 0 Å². The van der Waals surface area contributed by atoms with Gasteiger partial charge in [0.05, 0.1) is 31.1 Å². The lowest BCUT2D eigenvalue weighted by atomic mass is 10.0. The van der Waals surface area contributed by atoms with Crippen LogP contribution in [0.3, 0.4) is 0 Å². The number of imide groups is 1. The molecular weight excluding hydrogens is 590 g/mol. The van der Waals surface area contributed by atoms with E-state index < -0.39 is 48.3 Å². The number of nitrogens with one attached hydrogen (secondary N) is 3. The largest absolute Gasteiger partial charge is 0.480 e. The Morgan fingerprint density at radius 2 is 1.40 bits per heavy atom. The zero-order valence-electron chi connectivity index (χ0n) is 24.3. The maximum atomic E-state index is 12.2. The van der Waals surface area contributed by atoms with Crippen molar-refractivity contribution in [2.75, 3.05) is 30.8 Å². The Balaban J connectivity index is 1.37. The molecule has 2 atom stereocenters. The monoisotopic (exact) mass is 623 g/mol. The van der Waals surface area contributed by atoms with E-state index in [4.69, 9.17) is 15.7 Å². The van der Waals surface area contributed by atoms with Crippen LogP contribution in [0.4, 0.5) is 22.7 Å². The maximum absolute atomic E-state index is 12.2. The van der Waals surface area contributed by atoms with Gasteiger partial charge in [-0.1, -0.05) is 0 Å². The zero-order chi connectivity index (χ0) is 32.8. The number of carboxylic acid groups (broad SMARTS) is 1. The molecule has 16 nitrogen and oxygen atoms in total. The molecule has 0 aliphatic carbocycles. The number of carbonyl (C=O) groups excluding carboxylic acids is 5. The summed E-state index contributed by atoms with van der Waals surface area (Å²) < 4.78 is 0. The Hall–Kier alpha value is -5.32. The molecule has 0 fully saturated rings. The molecule has 3 rings (SSSR count). The van der Waals surface area contributed by atoms with Gasteiger partial charge in [0, 0.05) is 36.4 Å². The summed E-state index contributed by atoms with van der Waals surface area (Å²) in [5.74, 6) is -3.56.